The van der Waals surface area contributed by atoms with E-state index >= 15 is 0 Å². The van der Waals surface area contributed by atoms with Gasteiger partial charge >= 0.3 is 0 Å². The number of carbonyl (C=O) groups excluding carboxylic acids is 1. The second-order valence-electron chi connectivity index (χ2n) is 7.64. The number of ether oxygens (including phenoxy) is 2. The molecule has 2 aliphatic rings. The molecule has 9 heteroatoms. The Morgan fingerprint density at radius 1 is 0.839 bits per heavy atom. The van der Waals surface area contributed by atoms with Gasteiger partial charge in [-0.1, -0.05) is 12.1 Å². The zero-order valence-corrected chi connectivity index (χ0v) is 16.9. The first kappa shape index (κ1) is 23.3. The lowest BCUT2D eigenvalue weighted by Gasteiger charge is -2.36. The summed E-state index contributed by atoms with van der Waals surface area (Å²) in [5, 5.41) is 0. The van der Waals surface area contributed by atoms with E-state index < -0.39 is 29.2 Å². The Kier molecular flexibility index (Phi) is 7.72. The van der Waals surface area contributed by atoms with E-state index in [0.29, 0.717) is 31.6 Å². The number of rotatable bonds is 4. The first-order chi connectivity index (χ1) is 14.9. The number of halogens is 4. The van der Waals surface area contributed by atoms with Crippen LogP contribution in [0.25, 0.3) is 0 Å². The third-order valence-corrected chi connectivity index (χ3v) is 6.00. The van der Waals surface area contributed by atoms with Gasteiger partial charge in [-0.05, 0) is 37.8 Å². The molecule has 2 aliphatic heterocycles. The fourth-order valence-electron chi connectivity index (χ4n) is 4.04. The molecule has 0 aliphatic carbocycles. The van der Waals surface area contributed by atoms with Gasteiger partial charge in [0.1, 0.15) is 6.29 Å². The Morgan fingerprint density at radius 2 is 1.32 bits per heavy atom. The van der Waals surface area contributed by atoms with Crippen LogP contribution in [-0.4, -0.2) is 49.1 Å². The summed E-state index contributed by atoms with van der Waals surface area (Å²) in [6.07, 6.45) is 2.19. The van der Waals surface area contributed by atoms with Crippen LogP contribution >= 0.6 is 0 Å². The minimum atomic E-state index is -2.60. The first-order valence-corrected chi connectivity index (χ1v) is 10.1. The predicted molar refractivity (Wildman–Crippen MR) is 104 cm³/mol. The van der Waals surface area contributed by atoms with Crippen LogP contribution in [0.5, 0.6) is 0 Å². The standard InChI is InChI=1S/C11H12F3NO.C11H12FNO2/c12-9-8(2-1-5-15-9)11(10(13)14)3-6-16-7-4-11;12-10-9(2-1-5-13-10)11(8-14)3-6-15-7-4-11/h1-2,5,10H,3-4,6-7H2;1-2,5,8H,3-4,6-7H2. The van der Waals surface area contributed by atoms with E-state index in [4.69, 9.17) is 9.47 Å². The van der Waals surface area contributed by atoms with E-state index in [-0.39, 0.29) is 31.6 Å². The number of carbonyl (C=O) groups is 1. The average Bonchev–Trinajstić information content (AvgIpc) is 2.81. The molecule has 4 rings (SSSR count). The highest BCUT2D eigenvalue weighted by Crippen LogP contribution is 2.41. The smallest absolute Gasteiger partial charge is 0.248 e. The molecule has 2 fully saturated rings. The lowest BCUT2D eigenvalue weighted by molar-refractivity contribution is -0.116. The Morgan fingerprint density at radius 3 is 1.77 bits per heavy atom. The number of aromatic nitrogens is 2. The quantitative estimate of drug-likeness (QED) is 0.409. The molecule has 31 heavy (non-hydrogen) atoms. The van der Waals surface area contributed by atoms with Crippen LogP contribution in [0.3, 0.4) is 0 Å². The van der Waals surface area contributed by atoms with Gasteiger partial charge in [0.15, 0.2) is 0 Å². The molecule has 0 spiro atoms. The SMILES string of the molecule is Fc1ncccc1C1(C(F)F)CCOCC1.O=CC1(c2cccnc2F)CCOCC1. The minimum Gasteiger partial charge on any atom is -0.381 e. The van der Waals surface area contributed by atoms with E-state index in [2.05, 4.69) is 9.97 Å². The van der Waals surface area contributed by atoms with Crippen molar-refractivity contribution in [3.63, 3.8) is 0 Å². The summed E-state index contributed by atoms with van der Waals surface area (Å²) in [5.74, 6) is -1.35. The summed E-state index contributed by atoms with van der Waals surface area (Å²) < 4.78 is 63.6. The predicted octanol–water partition coefficient (Wildman–Crippen LogP) is 4.00. The van der Waals surface area contributed by atoms with Crippen LogP contribution in [0.15, 0.2) is 36.7 Å². The van der Waals surface area contributed by atoms with Gasteiger partial charge in [-0.25, -0.2) is 18.7 Å². The number of alkyl halides is 2. The summed E-state index contributed by atoms with van der Waals surface area (Å²) in [6, 6.07) is 6.15. The zero-order chi connectivity index (χ0) is 22.3. The van der Waals surface area contributed by atoms with Crippen molar-refractivity contribution in [3.05, 3.63) is 59.7 Å². The molecular formula is C22H24F4N2O3. The molecule has 5 nitrogen and oxygen atoms in total. The number of nitrogens with zero attached hydrogens (tertiary/aromatic N) is 2. The van der Waals surface area contributed by atoms with Gasteiger partial charge in [0.2, 0.25) is 18.3 Å². The fourth-order valence-corrected chi connectivity index (χ4v) is 4.04. The van der Waals surface area contributed by atoms with Crippen LogP contribution < -0.4 is 0 Å². The maximum Gasteiger partial charge on any atom is 0.248 e. The lowest BCUT2D eigenvalue weighted by atomic mass is 9.75. The first-order valence-electron chi connectivity index (χ1n) is 10.1. The van der Waals surface area contributed by atoms with Crippen molar-refractivity contribution < 1.29 is 31.8 Å². The monoisotopic (exact) mass is 440 g/mol. The number of aldehydes is 1. The number of hydrogen-bond donors (Lipinski definition) is 0. The highest BCUT2D eigenvalue weighted by Gasteiger charge is 2.45. The molecule has 0 aromatic carbocycles. The van der Waals surface area contributed by atoms with Crippen molar-refractivity contribution in [2.24, 2.45) is 0 Å². The normalized spacial score (nSPS) is 19.9. The molecule has 2 aromatic rings. The lowest BCUT2D eigenvalue weighted by Crippen LogP contribution is -2.41. The van der Waals surface area contributed by atoms with Crippen LogP contribution in [-0.2, 0) is 25.1 Å². The van der Waals surface area contributed by atoms with E-state index in [1.807, 2.05) is 0 Å². The number of pyridine rings is 2. The van der Waals surface area contributed by atoms with Crippen LogP contribution in [0.4, 0.5) is 17.6 Å². The van der Waals surface area contributed by atoms with Crippen molar-refractivity contribution >= 4 is 6.29 Å². The Balaban J connectivity index is 0.000000176. The molecule has 0 unspecified atom stereocenters. The molecule has 0 atom stereocenters. The van der Waals surface area contributed by atoms with Gasteiger partial charge in [-0.2, -0.15) is 8.78 Å². The maximum absolute atomic E-state index is 13.5. The summed E-state index contributed by atoms with van der Waals surface area (Å²) in [5.41, 5.74) is -1.77. The van der Waals surface area contributed by atoms with Crippen molar-refractivity contribution in [1.29, 1.82) is 0 Å². The van der Waals surface area contributed by atoms with Crippen LogP contribution in [0.1, 0.15) is 36.8 Å². The number of hydrogen-bond acceptors (Lipinski definition) is 5. The molecular weight excluding hydrogens is 416 g/mol. The molecule has 0 saturated carbocycles. The Bertz CT molecular complexity index is 869. The minimum absolute atomic E-state index is 0.00769. The molecule has 0 bridgehead atoms. The summed E-state index contributed by atoms with van der Waals surface area (Å²) in [7, 11) is 0. The third kappa shape index (κ3) is 4.93. The van der Waals surface area contributed by atoms with Gasteiger partial charge in [0.25, 0.3) is 0 Å². The van der Waals surface area contributed by atoms with Crippen molar-refractivity contribution in [2.45, 2.75) is 42.9 Å². The maximum atomic E-state index is 13.5. The summed E-state index contributed by atoms with van der Waals surface area (Å²) in [4.78, 5) is 18.2. The van der Waals surface area contributed by atoms with Crippen LogP contribution in [0, 0.1) is 11.9 Å². The highest BCUT2D eigenvalue weighted by atomic mass is 19.3. The van der Waals surface area contributed by atoms with Crippen molar-refractivity contribution in [2.75, 3.05) is 26.4 Å². The van der Waals surface area contributed by atoms with Gasteiger partial charge < -0.3 is 14.3 Å². The highest BCUT2D eigenvalue weighted by molar-refractivity contribution is 5.68. The largest absolute Gasteiger partial charge is 0.381 e. The van der Waals surface area contributed by atoms with Gasteiger partial charge in [0, 0.05) is 49.9 Å². The molecule has 0 radical (unpaired) electrons. The van der Waals surface area contributed by atoms with Gasteiger partial charge in [0.05, 0.1) is 10.8 Å². The van der Waals surface area contributed by atoms with Crippen molar-refractivity contribution in [3.8, 4) is 0 Å². The molecule has 2 saturated heterocycles. The molecule has 0 N–H and O–H groups in total. The Labute approximate surface area is 177 Å². The summed E-state index contributed by atoms with van der Waals surface area (Å²) >= 11 is 0. The average molecular weight is 440 g/mol. The second kappa shape index (κ2) is 10.3. The molecule has 4 heterocycles. The molecule has 0 amide bonds. The topological polar surface area (TPSA) is 61.3 Å². The van der Waals surface area contributed by atoms with E-state index in [9.17, 15) is 22.4 Å². The second-order valence-corrected chi connectivity index (χ2v) is 7.64. The Hall–Kier alpha value is -2.39. The zero-order valence-electron chi connectivity index (χ0n) is 16.9. The van der Waals surface area contributed by atoms with Gasteiger partial charge in [-0.3, -0.25) is 0 Å². The van der Waals surface area contributed by atoms with Crippen LogP contribution in [0.2, 0.25) is 0 Å². The molecule has 2 aromatic heterocycles. The van der Waals surface area contributed by atoms with E-state index in [0.717, 1.165) is 6.29 Å². The summed E-state index contributed by atoms with van der Waals surface area (Å²) in [6.45, 7) is 1.46. The third-order valence-electron chi connectivity index (χ3n) is 6.00. The van der Waals surface area contributed by atoms with E-state index in [1.54, 1.807) is 12.1 Å². The van der Waals surface area contributed by atoms with E-state index in [1.165, 1.54) is 24.5 Å². The fraction of sp³-hybridized carbons (Fsp3) is 0.500. The van der Waals surface area contributed by atoms with Crippen molar-refractivity contribution in [1.82, 2.24) is 9.97 Å². The van der Waals surface area contributed by atoms with Gasteiger partial charge in [-0.15, -0.1) is 0 Å². The molecule has 168 valence electrons.